The Bertz CT molecular complexity index is 529. The maximum Gasteiger partial charge on any atom is 0.124 e. The molecule has 0 amide bonds. The zero-order valence-corrected chi connectivity index (χ0v) is 11.4. The van der Waals surface area contributed by atoms with E-state index in [-0.39, 0.29) is 12.7 Å². The Labute approximate surface area is 120 Å². The lowest BCUT2D eigenvalue weighted by Gasteiger charge is -2.18. The molecule has 0 saturated heterocycles. The third kappa shape index (κ3) is 3.97. The summed E-state index contributed by atoms with van der Waals surface area (Å²) in [6.45, 7) is 4.00. The first-order valence-electron chi connectivity index (χ1n) is 6.72. The summed E-state index contributed by atoms with van der Waals surface area (Å²) in [5, 5.41) is 8.74. The molecule has 1 unspecified atom stereocenters. The lowest BCUT2D eigenvalue weighted by atomic mass is 10.1. The number of aliphatic hydroxyl groups is 1. The van der Waals surface area contributed by atoms with Crippen LogP contribution in [-0.4, -0.2) is 11.7 Å². The summed E-state index contributed by atoms with van der Waals surface area (Å²) in [4.78, 5) is 0. The van der Waals surface area contributed by atoms with Gasteiger partial charge in [0, 0.05) is 0 Å². The van der Waals surface area contributed by atoms with Crippen LogP contribution in [0.4, 0.5) is 0 Å². The number of aliphatic hydroxyl groups excluding tert-OH is 1. The van der Waals surface area contributed by atoms with E-state index in [4.69, 9.17) is 9.84 Å². The van der Waals surface area contributed by atoms with Crippen LogP contribution in [0.25, 0.3) is 6.08 Å². The molecular weight excluding hydrogens is 248 g/mol. The van der Waals surface area contributed by atoms with Gasteiger partial charge in [0.05, 0.1) is 6.61 Å². The number of ether oxygens (including phenoxy) is 1. The van der Waals surface area contributed by atoms with Gasteiger partial charge in [0.1, 0.15) is 11.9 Å². The molecule has 1 atom stereocenters. The van der Waals surface area contributed by atoms with Crippen molar-refractivity contribution in [2.75, 3.05) is 6.61 Å². The second-order valence-electron chi connectivity index (χ2n) is 4.46. The number of hydrogen-bond acceptors (Lipinski definition) is 2. The van der Waals surface area contributed by atoms with Crippen LogP contribution in [0.5, 0.6) is 5.75 Å². The predicted molar refractivity (Wildman–Crippen MR) is 82.3 cm³/mol. The fraction of sp³-hybridized carbons (Fsp3) is 0.167. The van der Waals surface area contributed by atoms with E-state index in [9.17, 15) is 0 Å². The Morgan fingerprint density at radius 2 is 1.75 bits per heavy atom. The zero-order chi connectivity index (χ0) is 14.2. The first-order chi connectivity index (χ1) is 9.83. The minimum absolute atomic E-state index is 0.0324. The monoisotopic (exact) mass is 267 g/mol. The van der Waals surface area contributed by atoms with Crippen LogP contribution in [0.15, 0.2) is 60.7 Å². The van der Waals surface area contributed by atoms with Crippen molar-refractivity contribution in [3.8, 4) is 5.75 Å². The maximum atomic E-state index is 8.74. The summed E-state index contributed by atoms with van der Waals surface area (Å²) >= 11 is 0. The molecule has 0 aliphatic carbocycles. The summed E-state index contributed by atoms with van der Waals surface area (Å²) < 4.78 is 5.97. The van der Waals surface area contributed by atoms with Crippen molar-refractivity contribution in [2.45, 2.75) is 12.5 Å². The minimum Gasteiger partial charge on any atom is -0.486 e. The summed E-state index contributed by atoms with van der Waals surface area (Å²) in [6, 6.07) is 17.9. The predicted octanol–water partition coefficient (Wildman–Crippen LogP) is 4.04. The van der Waals surface area contributed by atoms with Gasteiger partial charge in [0.2, 0.25) is 0 Å². The molecule has 2 rings (SSSR count). The molecule has 2 nitrogen and oxygen atoms in total. The topological polar surface area (TPSA) is 29.5 Å². The van der Waals surface area contributed by atoms with Gasteiger partial charge < -0.3 is 9.84 Å². The minimum atomic E-state index is -0.0324. The molecule has 0 aliphatic heterocycles. The zero-order valence-electron chi connectivity index (χ0n) is 11.4. The lowest BCUT2D eigenvalue weighted by Crippen LogP contribution is -2.06. The van der Waals surface area contributed by atoms with E-state index in [0.717, 1.165) is 16.9 Å². The van der Waals surface area contributed by atoms with Gasteiger partial charge in [-0.2, -0.15) is 0 Å². The largest absolute Gasteiger partial charge is 0.486 e. The molecule has 0 spiro atoms. The van der Waals surface area contributed by atoms with Crippen molar-refractivity contribution >= 4 is 6.08 Å². The highest BCUT2D eigenvalue weighted by Gasteiger charge is 2.10. The van der Waals surface area contributed by atoms with Crippen LogP contribution >= 0.6 is 0 Å². The van der Waals surface area contributed by atoms with E-state index in [1.807, 2.05) is 60.7 Å². The molecule has 0 fully saturated rings. The number of hydrogen-bond donors (Lipinski definition) is 1. The number of benzene rings is 2. The number of rotatable bonds is 6. The van der Waals surface area contributed by atoms with Crippen LogP contribution in [0.2, 0.25) is 0 Å². The highest BCUT2D eigenvalue weighted by molar-refractivity contribution is 5.50. The Morgan fingerprint density at radius 3 is 2.35 bits per heavy atom. The van der Waals surface area contributed by atoms with Gasteiger partial charge in [0.15, 0.2) is 0 Å². The second-order valence-corrected chi connectivity index (χ2v) is 4.46. The molecule has 0 heterocycles. The molecule has 103 valence electrons. The van der Waals surface area contributed by atoms with Crippen molar-refractivity contribution in [3.05, 3.63) is 78.7 Å². The quantitative estimate of drug-likeness (QED) is 0.856. The van der Waals surface area contributed by atoms with Gasteiger partial charge in [-0.15, -0.1) is 0 Å². The van der Waals surface area contributed by atoms with Gasteiger partial charge in [-0.1, -0.05) is 54.6 Å². The molecule has 2 heteroatoms. The first kappa shape index (κ1) is 14.4. The molecule has 2 aromatic carbocycles. The molecule has 0 aromatic heterocycles. The van der Waals surface area contributed by atoms with Crippen LogP contribution in [0.3, 0.4) is 0 Å². The average molecular weight is 267 g/mol. The highest BCUT2D eigenvalue weighted by Crippen LogP contribution is 2.24. The van der Waals surface area contributed by atoms with E-state index in [2.05, 4.69) is 6.92 Å². The van der Waals surface area contributed by atoms with E-state index >= 15 is 0 Å². The van der Waals surface area contributed by atoms with Gasteiger partial charge >= 0.3 is 0 Å². The summed E-state index contributed by atoms with van der Waals surface area (Å²) in [5.74, 6) is 0.823. The van der Waals surface area contributed by atoms with E-state index in [1.165, 1.54) is 0 Å². The fourth-order valence-electron chi connectivity index (χ4n) is 1.97. The SMILES string of the molecule is [CH2]CC(Oc1ccc(C=CCO)cc1)c1ccccc1. The highest BCUT2D eigenvalue weighted by atomic mass is 16.5. The van der Waals surface area contributed by atoms with Gasteiger partial charge in [-0.3, -0.25) is 0 Å². The van der Waals surface area contributed by atoms with Crippen LogP contribution in [0.1, 0.15) is 23.7 Å². The Balaban J connectivity index is 2.06. The van der Waals surface area contributed by atoms with Crippen molar-refractivity contribution in [3.63, 3.8) is 0 Å². The molecule has 20 heavy (non-hydrogen) atoms. The standard InChI is InChI=1S/C18H19O2/c1-2-18(16-8-4-3-5-9-16)20-17-12-10-15(11-13-17)7-6-14-19/h3-13,18-19H,1-2,14H2. The first-order valence-corrected chi connectivity index (χ1v) is 6.72. The summed E-state index contributed by atoms with van der Waals surface area (Å²) in [7, 11) is 0. The van der Waals surface area contributed by atoms with Crippen LogP contribution in [-0.2, 0) is 0 Å². The molecular formula is C18H19O2. The van der Waals surface area contributed by atoms with Crippen molar-refractivity contribution in [1.29, 1.82) is 0 Å². The molecule has 2 aromatic rings. The molecule has 0 bridgehead atoms. The smallest absolute Gasteiger partial charge is 0.124 e. The lowest BCUT2D eigenvalue weighted by molar-refractivity contribution is 0.208. The van der Waals surface area contributed by atoms with E-state index < -0.39 is 0 Å². The maximum absolute atomic E-state index is 8.74. The Kier molecular flexibility index (Phi) is 5.39. The molecule has 0 aliphatic rings. The molecule has 1 radical (unpaired) electrons. The van der Waals surface area contributed by atoms with E-state index in [1.54, 1.807) is 6.08 Å². The molecule has 1 N–H and O–H groups in total. The van der Waals surface area contributed by atoms with Gasteiger partial charge in [0.25, 0.3) is 0 Å². The fourth-order valence-corrected chi connectivity index (χ4v) is 1.97. The van der Waals surface area contributed by atoms with Crippen molar-refractivity contribution in [2.24, 2.45) is 0 Å². The van der Waals surface area contributed by atoms with E-state index in [0.29, 0.717) is 6.42 Å². The Morgan fingerprint density at radius 1 is 1.05 bits per heavy atom. The van der Waals surface area contributed by atoms with Crippen LogP contribution in [0, 0.1) is 6.92 Å². The molecule has 0 saturated carbocycles. The van der Waals surface area contributed by atoms with Crippen molar-refractivity contribution < 1.29 is 9.84 Å². The Hall–Kier alpha value is -2.06. The van der Waals surface area contributed by atoms with Gasteiger partial charge in [-0.05, 0) is 36.6 Å². The van der Waals surface area contributed by atoms with Crippen molar-refractivity contribution in [1.82, 2.24) is 0 Å². The van der Waals surface area contributed by atoms with Crippen LogP contribution < -0.4 is 4.74 Å². The third-order valence-corrected chi connectivity index (χ3v) is 3.01. The summed E-state index contributed by atoms with van der Waals surface area (Å²) in [5.41, 5.74) is 2.17. The summed E-state index contributed by atoms with van der Waals surface area (Å²) in [6.07, 6.45) is 4.23. The third-order valence-electron chi connectivity index (χ3n) is 3.01. The van der Waals surface area contributed by atoms with Gasteiger partial charge in [-0.25, -0.2) is 0 Å². The normalized spacial score (nSPS) is 12.5. The second kappa shape index (κ2) is 7.51. The average Bonchev–Trinajstić information content (AvgIpc) is 2.52.